The Morgan fingerprint density at radius 1 is 0.696 bits per heavy atom. The van der Waals surface area contributed by atoms with E-state index in [9.17, 15) is 0 Å². The maximum Gasteiger partial charge on any atom is 0.0535 e. The lowest BCUT2D eigenvalue weighted by Gasteiger charge is -2.21. The molecule has 2 atom stereocenters. The van der Waals surface area contributed by atoms with Crippen LogP contribution < -0.4 is 0 Å². The third-order valence-electron chi connectivity index (χ3n) is 4.88. The van der Waals surface area contributed by atoms with Gasteiger partial charge in [-0.15, -0.1) is 0 Å². The Hall–Kier alpha value is -1.60. The molecule has 0 saturated heterocycles. The van der Waals surface area contributed by atoms with Gasteiger partial charge in [-0.25, -0.2) is 0 Å². The van der Waals surface area contributed by atoms with Crippen LogP contribution in [0.5, 0.6) is 0 Å². The Morgan fingerprint density at radius 3 is 1.43 bits per heavy atom. The van der Waals surface area contributed by atoms with Crippen LogP contribution in [0.25, 0.3) is 0 Å². The molecule has 2 aromatic rings. The first-order valence-corrected chi connectivity index (χ1v) is 8.86. The Labute approximate surface area is 141 Å². The van der Waals surface area contributed by atoms with Gasteiger partial charge in [0.25, 0.3) is 0 Å². The predicted octanol–water partition coefficient (Wildman–Crippen LogP) is 6.01. The van der Waals surface area contributed by atoms with Gasteiger partial charge >= 0.3 is 0 Å². The molecule has 0 aliphatic carbocycles. The SMILES string of the molecule is CCC(COCC(CC)c1ccccc1C)c1ccccc1C. The van der Waals surface area contributed by atoms with E-state index in [4.69, 9.17) is 4.74 Å². The minimum absolute atomic E-state index is 0.491. The van der Waals surface area contributed by atoms with Crippen molar-refractivity contribution in [2.24, 2.45) is 0 Å². The lowest BCUT2D eigenvalue weighted by atomic mass is 9.92. The van der Waals surface area contributed by atoms with Gasteiger partial charge in [0.2, 0.25) is 0 Å². The topological polar surface area (TPSA) is 9.23 Å². The van der Waals surface area contributed by atoms with Gasteiger partial charge in [-0.3, -0.25) is 0 Å². The number of ether oxygens (including phenoxy) is 1. The lowest BCUT2D eigenvalue weighted by molar-refractivity contribution is 0.104. The molecule has 0 spiro atoms. The highest BCUT2D eigenvalue weighted by Gasteiger charge is 2.15. The standard InChI is InChI=1S/C22H30O/c1-5-19(21-13-9-7-11-17(21)3)15-23-16-20(6-2)22-14-10-8-12-18(22)4/h7-14,19-20H,5-6,15-16H2,1-4H3. The van der Waals surface area contributed by atoms with E-state index in [1.54, 1.807) is 0 Å². The third kappa shape index (κ3) is 4.68. The first kappa shape index (κ1) is 17.7. The van der Waals surface area contributed by atoms with Gasteiger partial charge in [-0.2, -0.15) is 0 Å². The van der Waals surface area contributed by atoms with E-state index in [2.05, 4.69) is 76.2 Å². The quantitative estimate of drug-likeness (QED) is 0.580. The van der Waals surface area contributed by atoms with Crippen LogP contribution in [0.15, 0.2) is 48.5 Å². The Morgan fingerprint density at radius 2 is 1.09 bits per heavy atom. The second-order valence-electron chi connectivity index (χ2n) is 6.46. The summed E-state index contributed by atoms with van der Waals surface area (Å²) >= 11 is 0. The number of rotatable bonds is 8. The average Bonchev–Trinajstić information content (AvgIpc) is 2.57. The highest BCUT2D eigenvalue weighted by molar-refractivity contribution is 5.30. The average molecular weight is 310 g/mol. The molecular formula is C22H30O. The molecule has 0 N–H and O–H groups in total. The molecule has 0 amide bonds. The van der Waals surface area contributed by atoms with E-state index < -0.39 is 0 Å². The van der Waals surface area contributed by atoms with Crippen molar-refractivity contribution in [1.82, 2.24) is 0 Å². The van der Waals surface area contributed by atoms with E-state index in [1.165, 1.54) is 22.3 Å². The van der Waals surface area contributed by atoms with Crippen molar-refractivity contribution in [3.8, 4) is 0 Å². The summed E-state index contributed by atoms with van der Waals surface area (Å²) in [6, 6.07) is 17.4. The van der Waals surface area contributed by atoms with Crippen LogP contribution in [0.1, 0.15) is 60.8 Å². The molecule has 0 aliphatic rings. The van der Waals surface area contributed by atoms with Crippen LogP contribution in [0.4, 0.5) is 0 Å². The van der Waals surface area contributed by atoms with E-state index in [-0.39, 0.29) is 0 Å². The fourth-order valence-corrected chi connectivity index (χ4v) is 3.30. The minimum atomic E-state index is 0.491. The molecule has 0 saturated carbocycles. The zero-order chi connectivity index (χ0) is 16.7. The molecule has 0 radical (unpaired) electrons. The van der Waals surface area contributed by atoms with Crippen molar-refractivity contribution in [3.63, 3.8) is 0 Å². The van der Waals surface area contributed by atoms with E-state index in [0.29, 0.717) is 11.8 Å². The van der Waals surface area contributed by atoms with Crippen molar-refractivity contribution in [1.29, 1.82) is 0 Å². The zero-order valence-corrected chi connectivity index (χ0v) is 15.0. The van der Waals surface area contributed by atoms with Gasteiger partial charge in [0.15, 0.2) is 0 Å². The summed E-state index contributed by atoms with van der Waals surface area (Å²) in [5.41, 5.74) is 5.60. The summed E-state index contributed by atoms with van der Waals surface area (Å²) in [4.78, 5) is 0. The number of hydrogen-bond donors (Lipinski definition) is 0. The minimum Gasteiger partial charge on any atom is -0.380 e. The van der Waals surface area contributed by atoms with Crippen LogP contribution in [-0.2, 0) is 4.74 Å². The van der Waals surface area contributed by atoms with Gasteiger partial charge in [0.05, 0.1) is 13.2 Å². The number of benzene rings is 2. The second-order valence-corrected chi connectivity index (χ2v) is 6.46. The summed E-state index contributed by atoms with van der Waals surface area (Å²) < 4.78 is 6.16. The van der Waals surface area contributed by atoms with Crippen LogP contribution in [0, 0.1) is 13.8 Å². The molecule has 0 fully saturated rings. The van der Waals surface area contributed by atoms with E-state index >= 15 is 0 Å². The van der Waals surface area contributed by atoms with Crippen molar-refractivity contribution in [2.75, 3.05) is 13.2 Å². The Kier molecular flexibility index (Phi) is 6.85. The largest absolute Gasteiger partial charge is 0.380 e. The van der Waals surface area contributed by atoms with Gasteiger partial charge in [-0.05, 0) is 48.9 Å². The summed E-state index contributed by atoms with van der Waals surface area (Å²) in [6.07, 6.45) is 2.23. The fraction of sp³-hybridized carbons (Fsp3) is 0.455. The maximum atomic E-state index is 6.16. The number of hydrogen-bond acceptors (Lipinski definition) is 1. The highest BCUT2D eigenvalue weighted by Crippen LogP contribution is 2.26. The molecule has 124 valence electrons. The molecule has 1 nitrogen and oxygen atoms in total. The zero-order valence-electron chi connectivity index (χ0n) is 15.0. The van der Waals surface area contributed by atoms with Crippen LogP contribution in [-0.4, -0.2) is 13.2 Å². The highest BCUT2D eigenvalue weighted by atomic mass is 16.5. The van der Waals surface area contributed by atoms with Gasteiger partial charge in [0.1, 0.15) is 0 Å². The smallest absolute Gasteiger partial charge is 0.0535 e. The van der Waals surface area contributed by atoms with Crippen LogP contribution >= 0.6 is 0 Å². The predicted molar refractivity (Wildman–Crippen MR) is 99.2 cm³/mol. The lowest BCUT2D eigenvalue weighted by Crippen LogP contribution is -2.14. The van der Waals surface area contributed by atoms with Crippen molar-refractivity contribution in [2.45, 2.75) is 52.4 Å². The number of aryl methyl sites for hydroxylation is 2. The van der Waals surface area contributed by atoms with Crippen LogP contribution in [0.3, 0.4) is 0 Å². The summed E-state index contributed by atoms with van der Waals surface area (Å²) in [7, 11) is 0. The van der Waals surface area contributed by atoms with E-state index in [0.717, 1.165) is 26.1 Å². The normalized spacial score (nSPS) is 13.7. The fourth-order valence-electron chi connectivity index (χ4n) is 3.30. The van der Waals surface area contributed by atoms with Crippen molar-refractivity contribution in [3.05, 3.63) is 70.8 Å². The Balaban J connectivity index is 1.97. The first-order chi connectivity index (χ1) is 11.2. The molecule has 23 heavy (non-hydrogen) atoms. The van der Waals surface area contributed by atoms with Crippen LogP contribution in [0.2, 0.25) is 0 Å². The monoisotopic (exact) mass is 310 g/mol. The van der Waals surface area contributed by atoms with Gasteiger partial charge in [-0.1, -0.05) is 62.4 Å². The molecule has 0 aromatic heterocycles. The summed E-state index contributed by atoms with van der Waals surface area (Å²) in [6.45, 7) is 10.5. The van der Waals surface area contributed by atoms with Crippen molar-refractivity contribution < 1.29 is 4.74 Å². The molecule has 2 aromatic carbocycles. The van der Waals surface area contributed by atoms with Gasteiger partial charge in [0, 0.05) is 11.8 Å². The maximum absolute atomic E-state index is 6.16. The molecule has 2 rings (SSSR count). The Bertz CT molecular complexity index is 549. The third-order valence-corrected chi connectivity index (χ3v) is 4.88. The molecule has 1 heteroatoms. The van der Waals surface area contributed by atoms with E-state index in [1.807, 2.05) is 0 Å². The molecule has 0 bridgehead atoms. The molecule has 0 aliphatic heterocycles. The summed E-state index contributed by atoms with van der Waals surface area (Å²) in [5, 5.41) is 0. The second kappa shape index (κ2) is 8.88. The molecule has 0 heterocycles. The van der Waals surface area contributed by atoms with Crippen molar-refractivity contribution >= 4 is 0 Å². The van der Waals surface area contributed by atoms with Gasteiger partial charge < -0.3 is 4.74 Å². The summed E-state index contributed by atoms with van der Waals surface area (Å²) in [5.74, 6) is 0.983. The molecular weight excluding hydrogens is 280 g/mol. The molecule has 2 unspecified atom stereocenters. The first-order valence-electron chi connectivity index (χ1n) is 8.86.